The molecule has 2 aliphatic rings. The lowest BCUT2D eigenvalue weighted by Gasteiger charge is -2.31. The predicted molar refractivity (Wildman–Crippen MR) is 118 cm³/mol. The number of para-hydroxylation sites is 1. The number of hydrogen-bond donors (Lipinski definition) is 1. The number of amides is 1. The molecule has 0 atom stereocenters. The van der Waals surface area contributed by atoms with Crippen LogP contribution in [0.25, 0.3) is 0 Å². The topological polar surface area (TPSA) is 44.8 Å². The molecule has 0 spiro atoms. The summed E-state index contributed by atoms with van der Waals surface area (Å²) in [6, 6.07) is 13.6. The van der Waals surface area contributed by atoms with Crippen LogP contribution in [0.5, 0.6) is 0 Å². The van der Waals surface area contributed by atoms with Crippen molar-refractivity contribution in [3.05, 3.63) is 58.6 Å². The van der Waals surface area contributed by atoms with Gasteiger partial charge < -0.3 is 15.0 Å². The number of carbonyl (C=O) groups is 1. The largest absolute Gasteiger partial charge is 0.378 e. The van der Waals surface area contributed by atoms with E-state index < -0.39 is 0 Å². The first-order valence-corrected chi connectivity index (χ1v) is 10.8. The van der Waals surface area contributed by atoms with Crippen LogP contribution in [0.4, 0.5) is 11.4 Å². The van der Waals surface area contributed by atoms with Crippen molar-refractivity contribution < 1.29 is 9.53 Å². The third-order valence-corrected chi connectivity index (χ3v) is 5.94. The van der Waals surface area contributed by atoms with Gasteiger partial charge in [-0.3, -0.25) is 9.69 Å². The lowest BCUT2D eigenvalue weighted by atomic mass is 10.1. The number of ether oxygens (including phenoxy) is 1. The van der Waals surface area contributed by atoms with Crippen molar-refractivity contribution in [3.63, 3.8) is 0 Å². The number of nitrogens with zero attached hydrogens (tertiary/aromatic N) is 2. The number of anilines is 2. The molecule has 2 aliphatic heterocycles. The summed E-state index contributed by atoms with van der Waals surface area (Å²) >= 11 is 6.47. The number of rotatable bonds is 5. The summed E-state index contributed by atoms with van der Waals surface area (Å²) in [4.78, 5) is 17.5. The molecule has 29 heavy (non-hydrogen) atoms. The number of halogens is 1. The van der Waals surface area contributed by atoms with Gasteiger partial charge in [0.1, 0.15) is 0 Å². The number of benzene rings is 2. The smallest absolute Gasteiger partial charge is 0.255 e. The quantitative estimate of drug-likeness (QED) is 0.788. The van der Waals surface area contributed by atoms with E-state index in [9.17, 15) is 4.79 Å². The Morgan fingerprint density at radius 2 is 1.69 bits per heavy atom. The minimum atomic E-state index is -0.119. The minimum Gasteiger partial charge on any atom is -0.378 e. The maximum absolute atomic E-state index is 12.9. The Morgan fingerprint density at radius 1 is 0.966 bits per heavy atom. The molecule has 0 saturated carbocycles. The lowest BCUT2D eigenvalue weighted by molar-refractivity contribution is 0.102. The van der Waals surface area contributed by atoms with Gasteiger partial charge in [-0.1, -0.05) is 36.2 Å². The molecule has 2 heterocycles. The molecule has 2 aromatic carbocycles. The molecule has 1 amide bonds. The molecule has 2 saturated heterocycles. The second-order valence-corrected chi connectivity index (χ2v) is 8.13. The van der Waals surface area contributed by atoms with E-state index in [0.717, 1.165) is 31.0 Å². The van der Waals surface area contributed by atoms with Gasteiger partial charge in [0.25, 0.3) is 5.91 Å². The zero-order valence-corrected chi connectivity index (χ0v) is 17.5. The van der Waals surface area contributed by atoms with Crippen LogP contribution in [-0.4, -0.2) is 50.2 Å². The first-order valence-electron chi connectivity index (χ1n) is 10.4. The van der Waals surface area contributed by atoms with Crippen LogP contribution in [0, 0.1) is 0 Å². The second kappa shape index (κ2) is 9.61. The zero-order valence-electron chi connectivity index (χ0n) is 16.7. The van der Waals surface area contributed by atoms with Gasteiger partial charge in [0, 0.05) is 25.2 Å². The Labute approximate surface area is 177 Å². The van der Waals surface area contributed by atoms with Crippen molar-refractivity contribution in [1.82, 2.24) is 4.90 Å². The molecule has 154 valence electrons. The zero-order chi connectivity index (χ0) is 20.1. The summed E-state index contributed by atoms with van der Waals surface area (Å²) in [5.41, 5.74) is 3.51. The Balaban J connectivity index is 1.44. The van der Waals surface area contributed by atoms with Crippen molar-refractivity contribution in [1.29, 1.82) is 0 Å². The summed E-state index contributed by atoms with van der Waals surface area (Å²) in [6.45, 7) is 6.14. The molecule has 4 rings (SSSR count). The molecule has 0 bridgehead atoms. The van der Waals surface area contributed by atoms with Gasteiger partial charge in [0.2, 0.25) is 0 Å². The van der Waals surface area contributed by atoms with Gasteiger partial charge in [-0.25, -0.2) is 0 Å². The summed E-state index contributed by atoms with van der Waals surface area (Å²) < 4.78 is 5.44. The molecule has 0 unspecified atom stereocenters. The lowest BCUT2D eigenvalue weighted by Crippen LogP contribution is -2.37. The summed E-state index contributed by atoms with van der Waals surface area (Å²) in [5, 5.41) is 3.69. The molecule has 0 radical (unpaired) electrons. The van der Waals surface area contributed by atoms with E-state index in [0.29, 0.717) is 23.8 Å². The Morgan fingerprint density at radius 3 is 2.41 bits per heavy atom. The van der Waals surface area contributed by atoms with E-state index in [1.54, 1.807) is 0 Å². The van der Waals surface area contributed by atoms with Crippen molar-refractivity contribution >= 4 is 28.9 Å². The molecule has 0 aromatic heterocycles. The SMILES string of the molecule is O=C(Nc1cccc(Cl)c1N1CCOCC1)c1ccc(CN2CCCCC2)cc1. The number of nitrogens with one attached hydrogen (secondary N) is 1. The van der Waals surface area contributed by atoms with Crippen molar-refractivity contribution in [2.75, 3.05) is 49.6 Å². The van der Waals surface area contributed by atoms with Crippen LogP contribution >= 0.6 is 11.6 Å². The molecule has 2 aromatic rings. The van der Waals surface area contributed by atoms with Crippen molar-refractivity contribution in [2.45, 2.75) is 25.8 Å². The van der Waals surface area contributed by atoms with Gasteiger partial charge in [-0.15, -0.1) is 0 Å². The summed E-state index contributed by atoms with van der Waals surface area (Å²) in [5.74, 6) is -0.119. The van der Waals surface area contributed by atoms with Crippen LogP contribution < -0.4 is 10.2 Å². The fraction of sp³-hybridized carbons (Fsp3) is 0.435. The van der Waals surface area contributed by atoms with E-state index in [1.807, 2.05) is 30.3 Å². The number of likely N-dealkylation sites (tertiary alicyclic amines) is 1. The highest BCUT2D eigenvalue weighted by atomic mass is 35.5. The van der Waals surface area contributed by atoms with E-state index in [2.05, 4.69) is 27.2 Å². The first-order chi connectivity index (χ1) is 14.2. The van der Waals surface area contributed by atoms with E-state index in [4.69, 9.17) is 16.3 Å². The van der Waals surface area contributed by atoms with Crippen LogP contribution in [0.2, 0.25) is 5.02 Å². The molecule has 2 fully saturated rings. The Kier molecular flexibility index (Phi) is 6.70. The van der Waals surface area contributed by atoms with Crippen LogP contribution in [0.3, 0.4) is 0 Å². The average molecular weight is 414 g/mol. The van der Waals surface area contributed by atoms with E-state index >= 15 is 0 Å². The molecular weight excluding hydrogens is 386 g/mol. The number of morpholine rings is 1. The summed E-state index contributed by atoms with van der Waals surface area (Å²) in [6.07, 6.45) is 3.91. The van der Waals surface area contributed by atoms with E-state index in [1.165, 1.54) is 37.9 Å². The number of hydrogen-bond acceptors (Lipinski definition) is 4. The van der Waals surface area contributed by atoms with Crippen molar-refractivity contribution in [3.8, 4) is 0 Å². The third kappa shape index (κ3) is 5.10. The molecule has 6 heteroatoms. The molecular formula is C23H28ClN3O2. The highest BCUT2D eigenvalue weighted by Crippen LogP contribution is 2.34. The Hall–Kier alpha value is -2.08. The van der Waals surface area contributed by atoms with Crippen LogP contribution in [-0.2, 0) is 11.3 Å². The number of piperidine rings is 1. The number of carbonyl (C=O) groups excluding carboxylic acids is 1. The third-order valence-electron chi connectivity index (χ3n) is 5.63. The fourth-order valence-corrected chi connectivity index (χ4v) is 4.35. The first kappa shape index (κ1) is 20.2. The highest BCUT2D eigenvalue weighted by molar-refractivity contribution is 6.34. The maximum Gasteiger partial charge on any atom is 0.255 e. The van der Waals surface area contributed by atoms with Crippen LogP contribution in [0.15, 0.2) is 42.5 Å². The average Bonchev–Trinajstić information content (AvgIpc) is 2.76. The van der Waals surface area contributed by atoms with Gasteiger partial charge in [0.05, 0.1) is 29.6 Å². The minimum absolute atomic E-state index is 0.119. The van der Waals surface area contributed by atoms with E-state index in [-0.39, 0.29) is 5.91 Å². The van der Waals surface area contributed by atoms with Gasteiger partial charge in [0.15, 0.2) is 0 Å². The van der Waals surface area contributed by atoms with Crippen LogP contribution in [0.1, 0.15) is 35.2 Å². The second-order valence-electron chi connectivity index (χ2n) is 7.72. The highest BCUT2D eigenvalue weighted by Gasteiger charge is 2.19. The standard InChI is InChI=1S/C23H28ClN3O2/c24-20-5-4-6-21(22(20)27-13-15-29-16-14-27)25-23(28)19-9-7-18(8-10-19)17-26-11-2-1-3-12-26/h4-10H,1-3,11-17H2,(H,25,28). The normalized spacial score (nSPS) is 17.9. The monoisotopic (exact) mass is 413 g/mol. The van der Waals surface area contributed by atoms with Gasteiger partial charge in [-0.05, 0) is 55.8 Å². The molecule has 5 nitrogen and oxygen atoms in total. The fourth-order valence-electron chi connectivity index (χ4n) is 4.06. The molecule has 1 N–H and O–H groups in total. The van der Waals surface area contributed by atoms with Gasteiger partial charge in [-0.2, -0.15) is 0 Å². The predicted octanol–water partition coefficient (Wildman–Crippen LogP) is 4.41. The maximum atomic E-state index is 12.9. The summed E-state index contributed by atoms with van der Waals surface area (Å²) in [7, 11) is 0. The molecule has 0 aliphatic carbocycles. The van der Waals surface area contributed by atoms with Crippen molar-refractivity contribution in [2.24, 2.45) is 0 Å². The Bertz CT molecular complexity index is 829. The van der Waals surface area contributed by atoms with Gasteiger partial charge >= 0.3 is 0 Å².